The zero-order chi connectivity index (χ0) is 16.3. The molecule has 118 valence electrons. The first-order valence-corrected chi connectivity index (χ1v) is 7.84. The number of nitrogens with zero attached hydrogens (tertiary/aromatic N) is 2. The normalized spacial score (nSPS) is 12.2. The van der Waals surface area contributed by atoms with Gasteiger partial charge in [0.05, 0.1) is 18.2 Å². The molecule has 1 amide bonds. The van der Waals surface area contributed by atoms with Gasteiger partial charge in [0, 0.05) is 23.3 Å². The number of carbonyl (C=O) groups excluding carboxylic acids is 1. The van der Waals surface area contributed by atoms with Crippen molar-refractivity contribution in [2.45, 2.75) is 39.7 Å². The molecule has 0 saturated carbocycles. The first kappa shape index (κ1) is 16.6. The predicted molar refractivity (Wildman–Crippen MR) is 89.0 cm³/mol. The molecule has 2 rings (SSSR count). The van der Waals surface area contributed by atoms with Crippen LogP contribution in [0.3, 0.4) is 0 Å². The second-order valence-corrected chi connectivity index (χ2v) is 5.97. The SMILES string of the molecule is CCC(NC(=O)Cc1c(C)nn(C)c1C)c1ccc(Cl)cc1. The van der Waals surface area contributed by atoms with Crippen molar-refractivity contribution in [1.82, 2.24) is 15.1 Å². The molecule has 1 aromatic heterocycles. The van der Waals surface area contributed by atoms with Gasteiger partial charge in [-0.15, -0.1) is 0 Å². The fourth-order valence-corrected chi connectivity index (χ4v) is 2.72. The van der Waals surface area contributed by atoms with Crippen LogP contribution in [-0.4, -0.2) is 15.7 Å². The molecule has 0 aliphatic rings. The summed E-state index contributed by atoms with van der Waals surface area (Å²) in [5, 5.41) is 8.15. The van der Waals surface area contributed by atoms with Crippen LogP contribution in [0.1, 0.15) is 41.9 Å². The van der Waals surface area contributed by atoms with E-state index in [-0.39, 0.29) is 11.9 Å². The lowest BCUT2D eigenvalue weighted by molar-refractivity contribution is -0.121. The van der Waals surface area contributed by atoms with Crippen molar-refractivity contribution >= 4 is 17.5 Å². The highest BCUT2D eigenvalue weighted by Gasteiger charge is 2.17. The molecule has 0 spiro atoms. The molecule has 22 heavy (non-hydrogen) atoms. The van der Waals surface area contributed by atoms with Crippen LogP contribution in [0.5, 0.6) is 0 Å². The number of rotatable bonds is 5. The highest BCUT2D eigenvalue weighted by atomic mass is 35.5. The predicted octanol–water partition coefficient (Wildman–Crippen LogP) is 3.50. The van der Waals surface area contributed by atoms with Crippen molar-refractivity contribution in [2.24, 2.45) is 7.05 Å². The Morgan fingerprint density at radius 2 is 1.95 bits per heavy atom. The van der Waals surface area contributed by atoms with E-state index < -0.39 is 0 Å². The van der Waals surface area contributed by atoms with Gasteiger partial charge in [-0.05, 0) is 38.0 Å². The largest absolute Gasteiger partial charge is 0.349 e. The zero-order valence-electron chi connectivity index (χ0n) is 13.5. The Morgan fingerprint density at radius 3 is 2.45 bits per heavy atom. The molecule has 1 atom stereocenters. The van der Waals surface area contributed by atoms with Crippen molar-refractivity contribution in [1.29, 1.82) is 0 Å². The summed E-state index contributed by atoms with van der Waals surface area (Å²) >= 11 is 5.91. The number of hydrogen-bond acceptors (Lipinski definition) is 2. The van der Waals surface area contributed by atoms with Crippen molar-refractivity contribution in [3.8, 4) is 0 Å². The van der Waals surface area contributed by atoms with Crippen molar-refractivity contribution in [3.63, 3.8) is 0 Å². The van der Waals surface area contributed by atoms with E-state index in [1.165, 1.54) is 0 Å². The lowest BCUT2D eigenvalue weighted by Crippen LogP contribution is -2.29. The van der Waals surface area contributed by atoms with Crippen LogP contribution in [0, 0.1) is 13.8 Å². The number of aryl methyl sites for hydroxylation is 2. The monoisotopic (exact) mass is 319 g/mol. The van der Waals surface area contributed by atoms with Crippen molar-refractivity contribution < 1.29 is 4.79 Å². The van der Waals surface area contributed by atoms with Gasteiger partial charge in [-0.2, -0.15) is 5.10 Å². The number of benzene rings is 1. The first-order valence-electron chi connectivity index (χ1n) is 7.46. The van der Waals surface area contributed by atoms with Gasteiger partial charge in [0.1, 0.15) is 0 Å². The molecular formula is C17H22ClN3O. The minimum atomic E-state index is 0.00190. The fraction of sp³-hybridized carbons (Fsp3) is 0.412. The standard InChI is InChI=1S/C17H22ClN3O/c1-5-16(13-6-8-14(18)9-7-13)19-17(22)10-15-11(2)20-21(4)12(15)3/h6-9,16H,5,10H2,1-4H3,(H,19,22). The molecular weight excluding hydrogens is 298 g/mol. The van der Waals surface area contributed by atoms with Crippen LogP contribution in [-0.2, 0) is 18.3 Å². The minimum Gasteiger partial charge on any atom is -0.349 e. The van der Waals surface area contributed by atoms with Gasteiger partial charge in [-0.25, -0.2) is 0 Å². The van der Waals surface area contributed by atoms with Gasteiger partial charge in [0.25, 0.3) is 0 Å². The molecule has 1 unspecified atom stereocenters. The molecule has 0 aliphatic carbocycles. The molecule has 4 nitrogen and oxygen atoms in total. The Balaban J connectivity index is 2.08. The Morgan fingerprint density at radius 1 is 1.32 bits per heavy atom. The lowest BCUT2D eigenvalue weighted by Gasteiger charge is -2.17. The van der Waals surface area contributed by atoms with E-state index in [1.807, 2.05) is 49.8 Å². The summed E-state index contributed by atoms with van der Waals surface area (Å²) < 4.78 is 1.81. The lowest BCUT2D eigenvalue weighted by atomic mass is 10.0. The molecule has 0 fully saturated rings. The zero-order valence-corrected chi connectivity index (χ0v) is 14.2. The summed E-state index contributed by atoms with van der Waals surface area (Å²) in [5.41, 5.74) is 4.02. The quantitative estimate of drug-likeness (QED) is 0.917. The van der Waals surface area contributed by atoms with Gasteiger partial charge in [-0.1, -0.05) is 30.7 Å². The van der Waals surface area contributed by atoms with E-state index in [4.69, 9.17) is 11.6 Å². The van der Waals surface area contributed by atoms with Crippen LogP contribution in [0.2, 0.25) is 5.02 Å². The minimum absolute atomic E-state index is 0.00190. The third kappa shape index (κ3) is 3.69. The molecule has 0 aliphatic heterocycles. The second kappa shape index (κ2) is 6.97. The molecule has 0 saturated heterocycles. The average Bonchev–Trinajstić information content (AvgIpc) is 2.72. The third-order valence-electron chi connectivity index (χ3n) is 4.01. The highest BCUT2D eigenvalue weighted by molar-refractivity contribution is 6.30. The third-order valence-corrected chi connectivity index (χ3v) is 4.26. The Kier molecular flexibility index (Phi) is 5.24. The number of hydrogen-bond donors (Lipinski definition) is 1. The van der Waals surface area contributed by atoms with Crippen molar-refractivity contribution in [3.05, 3.63) is 51.8 Å². The number of carbonyl (C=O) groups is 1. The van der Waals surface area contributed by atoms with E-state index in [2.05, 4.69) is 17.3 Å². The van der Waals surface area contributed by atoms with E-state index in [0.717, 1.165) is 28.9 Å². The molecule has 1 heterocycles. The van der Waals surface area contributed by atoms with Crippen LogP contribution in [0.4, 0.5) is 0 Å². The maximum absolute atomic E-state index is 12.4. The molecule has 0 bridgehead atoms. The Labute approximate surface area is 136 Å². The maximum Gasteiger partial charge on any atom is 0.225 e. The number of halogens is 1. The van der Waals surface area contributed by atoms with Crippen molar-refractivity contribution in [2.75, 3.05) is 0 Å². The highest BCUT2D eigenvalue weighted by Crippen LogP contribution is 2.20. The number of aromatic nitrogens is 2. The van der Waals surface area contributed by atoms with Gasteiger partial charge in [-0.3, -0.25) is 9.48 Å². The Hall–Kier alpha value is -1.81. The Bertz CT molecular complexity index is 661. The topological polar surface area (TPSA) is 46.9 Å². The average molecular weight is 320 g/mol. The molecule has 1 N–H and O–H groups in total. The van der Waals surface area contributed by atoms with E-state index in [0.29, 0.717) is 11.4 Å². The molecule has 5 heteroatoms. The number of nitrogens with one attached hydrogen (secondary N) is 1. The first-order chi connectivity index (χ1) is 10.4. The van der Waals surface area contributed by atoms with Crippen LogP contribution < -0.4 is 5.32 Å². The van der Waals surface area contributed by atoms with E-state index in [9.17, 15) is 4.79 Å². The van der Waals surface area contributed by atoms with Crippen LogP contribution >= 0.6 is 11.6 Å². The van der Waals surface area contributed by atoms with Gasteiger partial charge in [0.15, 0.2) is 0 Å². The van der Waals surface area contributed by atoms with E-state index >= 15 is 0 Å². The summed E-state index contributed by atoms with van der Waals surface area (Å²) in [4.78, 5) is 12.4. The smallest absolute Gasteiger partial charge is 0.225 e. The number of amides is 1. The van der Waals surface area contributed by atoms with Gasteiger partial charge in [0.2, 0.25) is 5.91 Å². The molecule has 2 aromatic rings. The molecule has 1 aromatic carbocycles. The summed E-state index contributed by atoms with van der Waals surface area (Å²) in [7, 11) is 1.90. The van der Waals surface area contributed by atoms with Crippen LogP contribution in [0.15, 0.2) is 24.3 Å². The van der Waals surface area contributed by atoms with Crippen LogP contribution in [0.25, 0.3) is 0 Å². The molecule has 0 radical (unpaired) electrons. The maximum atomic E-state index is 12.4. The van der Waals surface area contributed by atoms with Gasteiger partial charge >= 0.3 is 0 Å². The van der Waals surface area contributed by atoms with Gasteiger partial charge < -0.3 is 5.32 Å². The fourth-order valence-electron chi connectivity index (χ4n) is 2.60. The summed E-state index contributed by atoms with van der Waals surface area (Å²) in [5.74, 6) is 0.0148. The summed E-state index contributed by atoms with van der Waals surface area (Å²) in [6.07, 6.45) is 1.19. The second-order valence-electron chi connectivity index (χ2n) is 5.53. The summed E-state index contributed by atoms with van der Waals surface area (Å²) in [6, 6.07) is 7.61. The summed E-state index contributed by atoms with van der Waals surface area (Å²) in [6.45, 7) is 5.98. The van der Waals surface area contributed by atoms with E-state index in [1.54, 1.807) is 0 Å².